The number of carbonyl (C=O) groups is 1. The number of guanidine groups is 1. The van der Waals surface area contributed by atoms with E-state index in [4.69, 9.17) is 11.6 Å². The van der Waals surface area contributed by atoms with Crippen molar-refractivity contribution in [1.82, 2.24) is 20.2 Å². The lowest BCUT2D eigenvalue weighted by atomic mass is 9.92. The van der Waals surface area contributed by atoms with Crippen LogP contribution in [0.15, 0.2) is 89.1 Å². The van der Waals surface area contributed by atoms with Crippen molar-refractivity contribution in [2.24, 2.45) is 10.1 Å². The highest BCUT2D eigenvalue weighted by atomic mass is 35.5. The highest BCUT2D eigenvalue weighted by Crippen LogP contribution is 2.35. The lowest BCUT2D eigenvalue weighted by Gasteiger charge is -2.23. The molecule has 3 heterocycles. The molecule has 5 rings (SSSR count). The number of thioether (sulfide) groups is 1. The van der Waals surface area contributed by atoms with Crippen LogP contribution in [0, 0.1) is 10.1 Å². The van der Waals surface area contributed by atoms with E-state index in [0.29, 0.717) is 30.0 Å². The minimum atomic E-state index is -0.888. The highest BCUT2D eigenvalue weighted by Gasteiger charge is 2.46. The Kier molecular flexibility index (Phi) is 8.99. The SMILES string of the molecule is CSC1=N[C@@](C)(c2ccccc2)C(=O)N1Nc1ccccc1.O=[N+]([O-])/N=C1\NCCN1Cc1ccc(Cl)nc1. The Morgan fingerprint density at radius 2 is 1.85 bits per heavy atom. The van der Waals surface area contributed by atoms with Crippen LogP contribution in [0.25, 0.3) is 0 Å². The molecule has 0 aliphatic carbocycles. The fourth-order valence-corrected chi connectivity index (χ4v) is 4.69. The van der Waals surface area contributed by atoms with Gasteiger partial charge in [0.2, 0.25) is 0 Å². The summed E-state index contributed by atoms with van der Waals surface area (Å²) in [6.07, 6.45) is 3.56. The fourth-order valence-electron chi connectivity index (χ4n) is 3.99. The van der Waals surface area contributed by atoms with E-state index >= 15 is 0 Å². The first kappa shape index (κ1) is 27.9. The molecule has 2 aromatic carbocycles. The van der Waals surface area contributed by atoms with E-state index in [0.717, 1.165) is 16.8 Å². The Hall–Kier alpha value is -4.16. The van der Waals surface area contributed by atoms with E-state index in [1.54, 1.807) is 17.2 Å². The fraction of sp³-hybridized carbons (Fsp3) is 0.231. The largest absolute Gasteiger partial charge is 0.349 e. The van der Waals surface area contributed by atoms with Gasteiger partial charge in [-0.05, 0) is 42.5 Å². The molecule has 1 aromatic heterocycles. The third-order valence-electron chi connectivity index (χ3n) is 5.97. The van der Waals surface area contributed by atoms with Crippen LogP contribution in [0.4, 0.5) is 5.69 Å². The van der Waals surface area contributed by atoms with Crippen LogP contribution in [-0.2, 0) is 16.9 Å². The van der Waals surface area contributed by atoms with Gasteiger partial charge in [-0.3, -0.25) is 10.2 Å². The summed E-state index contributed by atoms with van der Waals surface area (Å²) in [5.74, 6) is 0.205. The van der Waals surface area contributed by atoms with Crippen molar-refractivity contribution in [2.45, 2.75) is 19.0 Å². The molecule has 1 atom stereocenters. The van der Waals surface area contributed by atoms with Crippen LogP contribution in [0.2, 0.25) is 5.15 Å². The van der Waals surface area contributed by atoms with Gasteiger partial charge in [0.25, 0.3) is 11.9 Å². The maximum atomic E-state index is 12.9. The molecule has 1 fully saturated rings. The Morgan fingerprint density at radius 3 is 2.46 bits per heavy atom. The highest BCUT2D eigenvalue weighted by molar-refractivity contribution is 8.13. The Labute approximate surface area is 235 Å². The minimum absolute atomic E-state index is 0.0769. The third-order valence-corrected chi connectivity index (χ3v) is 6.83. The average Bonchev–Trinajstić information content (AvgIpc) is 3.48. The maximum absolute atomic E-state index is 12.9. The van der Waals surface area contributed by atoms with Gasteiger partial charge < -0.3 is 10.2 Å². The first-order valence-corrected chi connectivity index (χ1v) is 13.6. The number of hydrazine groups is 1. The van der Waals surface area contributed by atoms with Gasteiger partial charge in [-0.15, -0.1) is 0 Å². The summed E-state index contributed by atoms with van der Waals surface area (Å²) in [6.45, 7) is 3.69. The number of amides is 1. The van der Waals surface area contributed by atoms with Gasteiger partial charge in [-0.2, -0.15) is 5.01 Å². The average molecular weight is 567 g/mol. The molecule has 3 aromatic rings. The summed E-state index contributed by atoms with van der Waals surface area (Å²) in [6, 6.07) is 22.8. The molecule has 1 saturated heterocycles. The number of hydrogen-bond acceptors (Lipinski definition) is 7. The second-order valence-electron chi connectivity index (χ2n) is 8.65. The number of nitrogens with zero attached hydrogens (tertiary/aromatic N) is 6. The molecule has 39 heavy (non-hydrogen) atoms. The standard InChI is InChI=1S/C17H17N3OS.C9H10ClN5O2/c1-17(13-9-5-3-6-10-13)15(21)20(16(18-17)22-2)19-14-11-7-4-8-12-14;10-8-2-1-7(5-12-8)6-14-4-3-11-9(14)13-15(16)17/h3-12,19H,1-2H3;1-2,5H,3-4,6H2,(H,11,13)/t17-;/m0./s1. The summed E-state index contributed by atoms with van der Waals surface area (Å²) in [7, 11) is 0. The zero-order chi connectivity index (χ0) is 27.8. The molecule has 2 aliphatic heterocycles. The number of rotatable bonds is 6. The second kappa shape index (κ2) is 12.6. The van der Waals surface area contributed by atoms with Crippen molar-refractivity contribution < 1.29 is 9.83 Å². The normalized spacial score (nSPS) is 19.3. The molecule has 2 N–H and O–H groups in total. The Bertz CT molecular complexity index is 1360. The number of hydrazone groups is 1. The predicted molar refractivity (Wildman–Crippen MR) is 154 cm³/mol. The molecule has 2 aliphatic rings. The van der Waals surface area contributed by atoms with Gasteiger partial charge in [0.1, 0.15) is 10.3 Å². The van der Waals surface area contributed by atoms with E-state index in [9.17, 15) is 14.9 Å². The number of halogens is 1. The molecule has 0 saturated carbocycles. The number of aliphatic imine (C=N–C) groups is 1. The number of pyridine rings is 1. The maximum Gasteiger partial charge on any atom is 0.279 e. The van der Waals surface area contributed by atoms with Crippen molar-refractivity contribution in [1.29, 1.82) is 0 Å². The van der Waals surface area contributed by atoms with Gasteiger partial charge in [-0.1, -0.05) is 78.0 Å². The zero-order valence-electron chi connectivity index (χ0n) is 21.3. The number of anilines is 1. The van der Waals surface area contributed by atoms with E-state index in [-0.39, 0.29) is 11.9 Å². The smallest absolute Gasteiger partial charge is 0.279 e. The number of nitro groups is 1. The van der Waals surface area contributed by atoms with Crippen LogP contribution in [0.5, 0.6) is 0 Å². The molecule has 202 valence electrons. The van der Waals surface area contributed by atoms with Crippen molar-refractivity contribution in [3.05, 3.63) is 105 Å². The summed E-state index contributed by atoms with van der Waals surface area (Å²) in [5, 5.41) is 18.4. The van der Waals surface area contributed by atoms with Crippen LogP contribution >= 0.6 is 23.4 Å². The van der Waals surface area contributed by atoms with Gasteiger partial charge in [0.15, 0.2) is 15.7 Å². The molecule has 0 unspecified atom stereocenters. The lowest BCUT2D eigenvalue weighted by Crippen LogP contribution is -2.42. The molecule has 0 radical (unpaired) electrons. The van der Waals surface area contributed by atoms with Crippen molar-refractivity contribution >= 4 is 46.1 Å². The van der Waals surface area contributed by atoms with E-state index < -0.39 is 10.6 Å². The Balaban J connectivity index is 0.000000187. The number of nitrogens with one attached hydrogen (secondary N) is 2. The number of carbonyl (C=O) groups excluding carboxylic acids is 1. The molecular formula is C26H27ClN8O3S. The molecule has 13 heteroatoms. The number of hydrogen-bond donors (Lipinski definition) is 2. The molecule has 11 nitrogen and oxygen atoms in total. The molecule has 0 bridgehead atoms. The van der Waals surface area contributed by atoms with Gasteiger partial charge in [-0.25, -0.2) is 20.1 Å². The number of aromatic nitrogens is 1. The summed E-state index contributed by atoms with van der Waals surface area (Å²) >= 11 is 7.13. The van der Waals surface area contributed by atoms with Crippen molar-refractivity contribution in [3.63, 3.8) is 0 Å². The van der Waals surface area contributed by atoms with Crippen molar-refractivity contribution in [3.8, 4) is 0 Å². The quantitative estimate of drug-likeness (QED) is 0.258. The molecular weight excluding hydrogens is 540 g/mol. The van der Waals surface area contributed by atoms with E-state index in [1.807, 2.05) is 79.9 Å². The second-order valence-corrected chi connectivity index (χ2v) is 9.81. The van der Waals surface area contributed by atoms with Crippen LogP contribution in [0.3, 0.4) is 0 Å². The van der Waals surface area contributed by atoms with Crippen molar-refractivity contribution in [2.75, 3.05) is 24.8 Å². The van der Waals surface area contributed by atoms with Crippen LogP contribution in [0.1, 0.15) is 18.1 Å². The third kappa shape index (κ3) is 6.84. The van der Waals surface area contributed by atoms with Gasteiger partial charge in [0, 0.05) is 25.8 Å². The topological polar surface area (TPSA) is 128 Å². The number of para-hydroxylation sites is 1. The number of benzene rings is 2. The van der Waals surface area contributed by atoms with Gasteiger partial charge in [0.05, 0.1) is 5.69 Å². The summed E-state index contributed by atoms with van der Waals surface area (Å²) in [4.78, 5) is 33.7. The number of amidine groups is 1. The van der Waals surface area contributed by atoms with E-state index in [1.165, 1.54) is 16.8 Å². The molecule has 0 spiro atoms. The first-order chi connectivity index (χ1) is 18.8. The first-order valence-electron chi connectivity index (χ1n) is 12.0. The molecule has 1 amide bonds. The minimum Gasteiger partial charge on any atom is -0.349 e. The predicted octanol–water partition coefficient (Wildman–Crippen LogP) is 4.18. The zero-order valence-corrected chi connectivity index (χ0v) is 22.9. The Morgan fingerprint density at radius 1 is 1.15 bits per heavy atom. The summed E-state index contributed by atoms with van der Waals surface area (Å²) in [5.41, 5.74) is 4.94. The monoisotopic (exact) mass is 566 g/mol. The lowest BCUT2D eigenvalue weighted by molar-refractivity contribution is -0.485. The van der Waals surface area contributed by atoms with Crippen LogP contribution in [-0.4, -0.2) is 56.3 Å². The van der Waals surface area contributed by atoms with E-state index in [2.05, 4.69) is 25.8 Å². The van der Waals surface area contributed by atoms with Crippen LogP contribution < -0.4 is 10.7 Å². The van der Waals surface area contributed by atoms with Gasteiger partial charge >= 0.3 is 0 Å². The summed E-state index contributed by atoms with van der Waals surface area (Å²) < 4.78 is 0.